The Morgan fingerprint density at radius 3 is 2.83 bits per heavy atom. The summed E-state index contributed by atoms with van der Waals surface area (Å²) in [4.78, 5) is 16.9. The van der Waals surface area contributed by atoms with Gasteiger partial charge in [-0.15, -0.1) is 0 Å². The predicted molar refractivity (Wildman–Crippen MR) is 68.5 cm³/mol. The van der Waals surface area contributed by atoms with E-state index < -0.39 is 5.97 Å². The van der Waals surface area contributed by atoms with E-state index in [-0.39, 0.29) is 5.69 Å². The summed E-state index contributed by atoms with van der Waals surface area (Å²) in [7, 11) is 0. The maximum atomic E-state index is 10.9. The molecule has 0 saturated heterocycles. The first-order valence-corrected chi connectivity index (χ1v) is 5.87. The molecule has 96 valence electrons. The molecule has 1 aromatic heterocycles. The fourth-order valence-electron chi connectivity index (χ4n) is 1.64. The van der Waals surface area contributed by atoms with Gasteiger partial charge in [0.15, 0.2) is 5.69 Å². The number of carboxylic acid groups (broad SMARTS) is 1. The van der Waals surface area contributed by atoms with Crippen molar-refractivity contribution in [1.29, 1.82) is 5.26 Å². The summed E-state index contributed by atoms with van der Waals surface area (Å²) in [5, 5.41) is 17.6. The molecule has 0 aliphatic carbocycles. The number of carboxylic acids is 1. The van der Waals surface area contributed by atoms with Crippen molar-refractivity contribution in [3.05, 3.63) is 23.9 Å². The van der Waals surface area contributed by atoms with Crippen LogP contribution in [-0.2, 0) is 0 Å². The van der Waals surface area contributed by atoms with Gasteiger partial charge in [0.2, 0.25) is 0 Å². The number of rotatable bonds is 6. The average Bonchev–Trinajstić information content (AvgIpc) is 2.34. The van der Waals surface area contributed by atoms with E-state index in [4.69, 9.17) is 10.4 Å². The SMILES string of the molecule is CC(C)CN(CCC#N)c1cccc(C(=O)O)n1. The smallest absolute Gasteiger partial charge is 0.354 e. The molecule has 0 saturated carbocycles. The normalized spacial score (nSPS) is 10.1. The van der Waals surface area contributed by atoms with E-state index in [9.17, 15) is 4.79 Å². The van der Waals surface area contributed by atoms with E-state index >= 15 is 0 Å². The standard InChI is InChI=1S/C13H17N3O2/c1-10(2)9-16(8-4-7-14)12-6-3-5-11(15-12)13(17)18/h3,5-6,10H,4,8-9H2,1-2H3,(H,17,18). The molecule has 1 rings (SSSR count). The summed E-state index contributed by atoms with van der Waals surface area (Å²) in [5.74, 6) is -0.0144. The molecule has 0 aliphatic heterocycles. The molecular formula is C13H17N3O2. The zero-order chi connectivity index (χ0) is 13.5. The summed E-state index contributed by atoms with van der Waals surface area (Å²) in [5.41, 5.74) is 0.0261. The molecular weight excluding hydrogens is 230 g/mol. The molecule has 0 atom stereocenters. The maximum Gasteiger partial charge on any atom is 0.354 e. The van der Waals surface area contributed by atoms with Crippen molar-refractivity contribution in [2.45, 2.75) is 20.3 Å². The Bertz CT molecular complexity index is 452. The summed E-state index contributed by atoms with van der Waals surface area (Å²) in [6, 6.07) is 7.00. The van der Waals surface area contributed by atoms with E-state index in [2.05, 4.69) is 24.9 Å². The Labute approximate surface area is 107 Å². The monoisotopic (exact) mass is 247 g/mol. The predicted octanol–water partition coefficient (Wildman–Crippen LogP) is 2.16. The van der Waals surface area contributed by atoms with Gasteiger partial charge in [-0.25, -0.2) is 9.78 Å². The van der Waals surface area contributed by atoms with Crippen LogP contribution in [0.15, 0.2) is 18.2 Å². The van der Waals surface area contributed by atoms with Crippen LogP contribution in [0, 0.1) is 17.2 Å². The molecule has 0 bridgehead atoms. The number of carbonyl (C=O) groups is 1. The Morgan fingerprint density at radius 2 is 2.28 bits per heavy atom. The van der Waals surface area contributed by atoms with E-state index in [1.54, 1.807) is 12.1 Å². The summed E-state index contributed by atoms with van der Waals surface area (Å²) < 4.78 is 0. The van der Waals surface area contributed by atoms with Crippen LogP contribution in [0.4, 0.5) is 5.82 Å². The lowest BCUT2D eigenvalue weighted by Crippen LogP contribution is -2.29. The highest BCUT2D eigenvalue weighted by Crippen LogP contribution is 2.14. The number of aromatic nitrogens is 1. The van der Waals surface area contributed by atoms with Crippen molar-refractivity contribution in [2.75, 3.05) is 18.0 Å². The Balaban J connectivity index is 2.93. The van der Waals surface area contributed by atoms with Crippen LogP contribution < -0.4 is 4.90 Å². The molecule has 1 N–H and O–H groups in total. The van der Waals surface area contributed by atoms with Crippen LogP contribution in [0.3, 0.4) is 0 Å². The first-order chi connectivity index (χ1) is 8.54. The Morgan fingerprint density at radius 1 is 1.56 bits per heavy atom. The molecule has 0 aliphatic rings. The number of nitrogens with zero attached hydrogens (tertiary/aromatic N) is 3. The van der Waals surface area contributed by atoms with E-state index in [1.807, 2.05) is 4.90 Å². The molecule has 5 nitrogen and oxygen atoms in total. The molecule has 0 spiro atoms. The third kappa shape index (κ3) is 4.06. The number of pyridine rings is 1. The molecule has 18 heavy (non-hydrogen) atoms. The van der Waals surface area contributed by atoms with Crippen molar-refractivity contribution in [2.24, 2.45) is 5.92 Å². The van der Waals surface area contributed by atoms with Gasteiger partial charge in [0.25, 0.3) is 0 Å². The fraction of sp³-hybridized carbons (Fsp3) is 0.462. The van der Waals surface area contributed by atoms with Crippen molar-refractivity contribution in [3.8, 4) is 6.07 Å². The van der Waals surface area contributed by atoms with Gasteiger partial charge in [-0.3, -0.25) is 0 Å². The summed E-state index contributed by atoms with van der Waals surface area (Å²) >= 11 is 0. The lowest BCUT2D eigenvalue weighted by atomic mass is 10.2. The average molecular weight is 247 g/mol. The highest BCUT2D eigenvalue weighted by molar-refractivity contribution is 5.85. The third-order valence-electron chi connectivity index (χ3n) is 2.36. The summed E-state index contributed by atoms with van der Waals surface area (Å²) in [6.07, 6.45) is 0.395. The third-order valence-corrected chi connectivity index (χ3v) is 2.36. The van der Waals surface area contributed by atoms with Gasteiger partial charge < -0.3 is 10.0 Å². The zero-order valence-electron chi connectivity index (χ0n) is 10.6. The van der Waals surface area contributed by atoms with Crippen LogP contribution in [0.25, 0.3) is 0 Å². The first-order valence-electron chi connectivity index (χ1n) is 5.87. The minimum Gasteiger partial charge on any atom is -0.477 e. The van der Waals surface area contributed by atoms with Gasteiger partial charge in [0.05, 0.1) is 12.5 Å². The van der Waals surface area contributed by atoms with Crippen LogP contribution in [0.5, 0.6) is 0 Å². The fourth-order valence-corrected chi connectivity index (χ4v) is 1.64. The van der Waals surface area contributed by atoms with Gasteiger partial charge in [-0.2, -0.15) is 5.26 Å². The number of hydrogen-bond acceptors (Lipinski definition) is 4. The van der Waals surface area contributed by atoms with Crippen LogP contribution in [0.2, 0.25) is 0 Å². The van der Waals surface area contributed by atoms with Crippen LogP contribution in [-0.4, -0.2) is 29.1 Å². The number of hydrogen-bond donors (Lipinski definition) is 1. The lowest BCUT2D eigenvalue weighted by Gasteiger charge is -2.24. The topological polar surface area (TPSA) is 77.2 Å². The second-order valence-electron chi connectivity index (χ2n) is 4.43. The van der Waals surface area contributed by atoms with Crippen molar-refractivity contribution >= 4 is 11.8 Å². The van der Waals surface area contributed by atoms with E-state index in [0.717, 1.165) is 6.54 Å². The van der Waals surface area contributed by atoms with Gasteiger partial charge in [0, 0.05) is 13.1 Å². The quantitative estimate of drug-likeness (QED) is 0.833. The summed E-state index contributed by atoms with van der Waals surface area (Å²) in [6.45, 7) is 5.45. The maximum absolute atomic E-state index is 10.9. The van der Waals surface area contributed by atoms with E-state index in [0.29, 0.717) is 24.7 Å². The Kier molecular flexibility index (Phi) is 5.12. The Hall–Kier alpha value is -2.09. The second-order valence-corrected chi connectivity index (χ2v) is 4.43. The largest absolute Gasteiger partial charge is 0.477 e. The number of anilines is 1. The van der Waals surface area contributed by atoms with Gasteiger partial charge >= 0.3 is 5.97 Å². The minimum atomic E-state index is -1.04. The highest BCUT2D eigenvalue weighted by atomic mass is 16.4. The van der Waals surface area contributed by atoms with Crippen molar-refractivity contribution < 1.29 is 9.90 Å². The number of nitriles is 1. The molecule has 1 aromatic rings. The molecule has 0 amide bonds. The van der Waals surface area contributed by atoms with Gasteiger partial charge in [0.1, 0.15) is 5.82 Å². The molecule has 5 heteroatoms. The molecule has 0 fully saturated rings. The van der Waals surface area contributed by atoms with Crippen molar-refractivity contribution in [3.63, 3.8) is 0 Å². The lowest BCUT2D eigenvalue weighted by molar-refractivity contribution is 0.0690. The number of aromatic carboxylic acids is 1. The molecule has 1 heterocycles. The molecule has 0 unspecified atom stereocenters. The van der Waals surface area contributed by atoms with Crippen molar-refractivity contribution in [1.82, 2.24) is 4.98 Å². The molecule has 0 radical (unpaired) electrons. The second kappa shape index (κ2) is 6.60. The highest BCUT2D eigenvalue weighted by Gasteiger charge is 2.12. The van der Waals surface area contributed by atoms with Crippen LogP contribution >= 0.6 is 0 Å². The van der Waals surface area contributed by atoms with E-state index in [1.165, 1.54) is 6.07 Å². The van der Waals surface area contributed by atoms with Gasteiger partial charge in [-0.1, -0.05) is 19.9 Å². The first kappa shape index (κ1) is 14.0. The minimum absolute atomic E-state index is 0.0261. The molecule has 0 aromatic carbocycles. The van der Waals surface area contributed by atoms with Gasteiger partial charge in [-0.05, 0) is 18.1 Å². The zero-order valence-corrected chi connectivity index (χ0v) is 10.6. The van der Waals surface area contributed by atoms with Crippen LogP contribution in [0.1, 0.15) is 30.8 Å².